The van der Waals surface area contributed by atoms with Gasteiger partial charge in [0.1, 0.15) is 11.5 Å². The third kappa shape index (κ3) is 4.50. The second-order valence-electron chi connectivity index (χ2n) is 6.22. The maximum absolute atomic E-state index is 12.2. The number of furan rings is 1. The number of carbonyl (C=O) groups is 2. The van der Waals surface area contributed by atoms with Crippen LogP contribution in [0.2, 0.25) is 0 Å². The number of carbonyl (C=O) groups excluding carboxylic acids is 2. The molecule has 0 aliphatic carbocycles. The van der Waals surface area contributed by atoms with E-state index in [2.05, 4.69) is 26.2 Å². The summed E-state index contributed by atoms with van der Waals surface area (Å²) in [5, 5.41) is 3.17. The Labute approximate surface area is 184 Å². The molecule has 0 spiro atoms. The highest BCUT2D eigenvalue weighted by atomic mass is 79.9. The zero-order valence-electron chi connectivity index (χ0n) is 15.7. The number of anilines is 1. The summed E-state index contributed by atoms with van der Waals surface area (Å²) in [6.07, 6.45) is 2.98. The van der Waals surface area contributed by atoms with Gasteiger partial charge in [0, 0.05) is 16.1 Å². The van der Waals surface area contributed by atoms with Crippen molar-refractivity contribution < 1.29 is 18.7 Å². The number of methoxy groups -OCH3 is 1. The number of rotatable bonds is 5. The fourth-order valence-electron chi connectivity index (χ4n) is 2.74. The summed E-state index contributed by atoms with van der Waals surface area (Å²) in [5.74, 6) is 0.536. The van der Waals surface area contributed by atoms with Crippen LogP contribution < -0.4 is 5.32 Å². The predicted octanol–water partition coefficient (Wildman–Crippen LogP) is 5.76. The van der Waals surface area contributed by atoms with Gasteiger partial charge in [-0.3, -0.25) is 10.1 Å². The van der Waals surface area contributed by atoms with Crippen LogP contribution in [0.1, 0.15) is 16.1 Å². The topological polar surface area (TPSA) is 81.4 Å². The first-order valence-corrected chi connectivity index (χ1v) is 10.5. The lowest BCUT2D eigenvalue weighted by Gasteiger charge is -1.97. The van der Waals surface area contributed by atoms with Gasteiger partial charge in [-0.05, 0) is 48.5 Å². The quantitative estimate of drug-likeness (QED) is 0.289. The lowest BCUT2D eigenvalue weighted by molar-refractivity contribution is -0.111. The van der Waals surface area contributed by atoms with E-state index in [1.165, 1.54) is 24.5 Å². The van der Waals surface area contributed by atoms with Crippen molar-refractivity contribution in [2.45, 2.75) is 0 Å². The van der Waals surface area contributed by atoms with Crippen LogP contribution in [-0.2, 0) is 9.53 Å². The van der Waals surface area contributed by atoms with Gasteiger partial charge >= 0.3 is 5.97 Å². The lowest BCUT2D eigenvalue weighted by atomic mass is 10.2. The molecular weight excluding hydrogens is 468 g/mol. The van der Waals surface area contributed by atoms with Crippen LogP contribution in [0.15, 0.2) is 69.6 Å². The minimum Gasteiger partial charge on any atom is -0.465 e. The van der Waals surface area contributed by atoms with Gasteiger partial charge in [0.25, 0.3) is 0 Å². The van der Waals surface area contributed by atoms with E-state index >= 15 is 0 Å². The van der Waals surface area contributed by atoms with Crippen LogP contribution in [0.25, 0.3) is 27.6 Å². The number of nitrogens with one attached hydrogen (secondary N) is 1. The van der Waals surface area contributed by atoms with E-state index in [9.17, 15) is 9.59 Å². The van der Waals surface area contributed by atoms with Crippen molar-refractivity contribution in [1.29, 1.82) is 0 Å². The number of fused-ring (bicyclic) bond motifs is 1. The maximum Gasteiger partial charge on any atom is 0.337 e. The van der Waals surface area contributed by atoms with E-state index in [1.807, 2.05) is 30.3 Å². The average molecular weight is 483 g/mol. The highest BCUT2D eigenvalue weighted by Gasteiger charge is 2.11. The minimum atomic E-state index is -0.417. The van der Waals surface area contributed by atoms with Crippen molar-refractivity contribution in [1.82, 2.24) is 4.98 Å². The van der Waals surface area contributed by atoms with E-state index in [0.717, 1.165) is 20.5 Å². The van der Waals surface area contributed by atoms with Gasteiger partial charge in [0.05, 0.1) is 22.9 Å². The Bertz CT molecular complexity index is 1260. The number of ether oxygens (including phenoxy) is 1. The van der Waals surface area contributed by atoms with Gasteiger partial charge in [0.15, 0.2) is 5.13 Å². The molecule has 4 rings (SSSR count). The molecule has 1 N–H and O–H groups in total. The number of nitrogens with zero attached hydrogens (tertiary/aromatic N) is 1. The standard InChI is InChI=1S/C22H15BrN2O4S/c1-28-21(27)14-4-9-17-19(12-14)30-22(24-17)25-20(26)11-8-16-7-10-18(29-16)13-2-5-15(23)6-3-13/h2-12H,1H3,(H,24,25,26)/b11-8+. The number of benzene rings is 2. The number of halogens is 1. The molecule has 0 aliphatic heterocycles. The Morgan fingerprint density at radius 1 is 1.13 bits per heavy atom. The fraction of sp³-hybridized carbons (Fsp3) is 0.0455. The number of aromatic nitrogens is 1. The van der Waals surface area contributed by atoms with Crippen LogP contribution in [0.5, 0.6) is 0 Å². The van der Waals surface area contributed by atoms with Crippen molar-refractivity contribution in [2.75, 3.05) is 12.4 Å². The number of esters is 1. The number of thiazole rings is 1. The average Bonchev–Trinajstić information content (AvgIpc) is 3.38. The molecule has 0 saturated heterocycles. The van der Waals surface area contributed by atoms with Gasteiger partial charge in [-0.15, -0.1) is 0 Å². The van der Waals surface area contributed by atoms with Crippen LogP contribution >= 0.6 is 27.3 Å². The summed E-state index contributed by atoms with van der Waals surface area (Å²) in [6, 6.07) is 16.5. The molecule has 0 fully saturated rings. The second-order valence-corrected chi connectivity index (χ2v) is 8.17. The van der Waals surface area contributed by atoms with Gasteiger partial charge in [-0.1, -0.05) is 39.4 Å². The summed E-state index contributed by atoms with van der Waals surface area (Å²) in [7, 11) is 1.33. The molecule has 0 aliphatic rings. The molecule has 8 heteroatoms. The number of amides is 1. The molecule has 0 radical (unpaired) electrons. The summed E-state index contributed by atoms with van der Waals surface area (Å²) >= 11 is 4.68. The minimum absolute atomic E-state index is 0.330. The molecule has 2 heterocycles. The number of hydrogen-bond acceptors (Lipinski definition) is 6. The van der Waals surface area contributed by atoms with Gasteiger partial charge < -0.3 is 9.15 Å². The molecule has 6 nitrogen and oxygen atoms in total. The second kappa shape index (κ2) is 8.64. The summed E-state index contributed by atoms with van der Waals surface area (Å²) in [6.45, 7) is 0. The highest BCUT2D eigenvalue weighted by Crippen LogP contribution is 2.27. The summed E-state index contributed by atoms with van der Waals surface area (Å²) < 4.78 is 12.3. The smallest absolute Gasteiger partial charge is 0.337 e. The van der Waals surface area contributed by atoms with Crippen molar-refractivity contribution in [3.05, 3.63) is 76.5 Å². The predicted molar refractivity (Wildman–Crippen MR) is 120 cm³/mol. The molecule has 4 aromatic rings. The molecule has 2 aromatic heterocycles. The highest BCUT2D eigenvalue weighted by molar-refractivity contribution is 9.10. The van der Waals surface area contributed by atoms with Crippen LogP contribution in [0.3, 0.4) is 0 Å². The van der Waals surface area contributed by atoms with E-state index in [0.29, 0.717) is 22.0 Å². The first-order chi connectivity index (χ1) is 14.5. The van der Waals surface area contributed by atoms with Gasteiger partial charge in [0.2, 0.25) is 5.91 Å². The van der Waals surface area contributed by atoms with Crippen molar-refractivity contribution in [3.63, 3.8) is 0 Å². The molecule has 2 aromatic carbocycles. The summed E-state index contributed by atoms with van der Waals surface area (Å²) in [4.78, 5) is 28.2. The van der Waals surface area contributed by atoms with E-state index in [1.54, 1.807) is 30.3 Å². The van der Waals surface area contributed by atoms with E-state index < -0.39 is 5.97 Å². The fourth-order valence-corrected chi connectivity index (χ4v) is 3.91. The number of hydrogen-bond donors (Lipinski definition) is 1. The molecule has 150 valence electrons. The van der Waals surface area contributed by atoms with Crippen molar-refractivity contribution >= 4 is 60.6 Å². The monoisotopic (exact) mass is 482 g/mol. The molecule has 0 bridgehead atoms. The Morgan fingerprint density at radius 3 is 2.70 bits per heavy atom. The van der Waals surface area contributed by atoms with Crippen molar-refractivity contribution in [2.24, 2.45) is 0 Å². The van der Waals surface area contributed by atoms with Crippen LogP contribution in [-0.4, -0.2) is 24.0 Å². The molecule has 1 amide bonds. The molecule has 0 atom stereocenters. The van der Waals surface area contributed by atoms with Crippen LogP contribution in [0.4, 0.5) is 5.13 Å². The Morgan fingerprint density at radius 2 is 1.93 bits per heavy atom. The molecule has 0 unspecified atom stereocenters. The van der Waals surface area contributed by atoms with Crippen LogP contribution in [0, 0.1) is 0 Å². The van der Waals surface area contributed by atoms with E-state index in [4.69, 9.17) is 9.15 Å². The van der Waals surface area contributed by atoms with E-state index in [-0.39, 0.29) is 5.91 Å². The molecule has 0 saturated carbocycles. The first kappa shape index (κ1) is 20.1. The third-order valence-electron chi connectivity index (χ3n) is 4.19. The molecular formula is C22H15BrN2O4S. The Kier molecular flexibility index (Phi) is 5.78. The Balaban J connectivity index is 1.43. The normalized spacial score (nSPS) is 11.1. The SMILES string of the molecule is COC(=O)c1ccc2nc(NC(=O)/C=C/c3ccc(-c4ccc(Br)cc4)o3)sc2c1. The van der Waals surface area contributed by atoms with Crippen molar-refractivity contribution in [3.8, 4) is 11.3 Å². The summed E-state index contributed by atoms with van der Waals surface area (Å²) in [5.41, 5.74) is 2.08. The lowest BCUT2D eigenvalue weighted by Crippen LogP contribution is -2.07. The largest absolute Gasteiger partial charge is 0.465 e. The third-order valence-corrected chi connectivity index (χ3v) is 5.66. The maximum atomic E-state index is 12.2. The zero-order chi connectivity index (χ0) is 21.1. The van der Waals surface area contributed by atoms with Gasteiger partial charge in [-0.25, -0.2) is 9.78 Å². The zero-order valence-corrected chi connectivity index (χ0v) is 18.1. The Hall–Kier alpha value is -3.23. The van der Waals surface area contributed by atoms with Gasteiger partial charge in [-0.2, -0.15) is 0 Å². The molecule has 30 heavy (non-hydrogen) atoms. The first-order valence-electron chi connectivity index (χ1n) is 8.85.